The Morgan fingerprint density at radius 1 is 0.944 bits per heavy atom. The highest BCUT2D eigenvalue weighted by molar-refractivity contribution is 7.85. The molecular weight excluding hydrogens is 272 g/mol. The molecule has 10 heteroatoms. The first-order chi connectivity index (χ1) is 8.18. The number of hydrogen-bond donors (Lipinski definition) is 3. The second kappa shape index (κ2) is 4.89. The average Bonchev–Trinajstić information content (AvgIpc) is 2.13. The molecule has 9 nitrogen and oxygen atoms in total. The minimum Gasteiger partial charge on any atom is -0.449 e. The molecule has 0 atom stereocenters. The van der Waals surface area contributed by atoms with Crippen LogP contribution in [0, 0.1) is 0 Å². The van der Waals surface area contributed by atoms with Crippen molar-refractivity contribution in [2.75, 3.05) is 0 Å². The monoisotopic (exact) mass is 278 g/mol. The molecule has 0 amide bonds. The summed E-state index contributed by atoms with van der Waals surface area (Å²) in [5.41, 5.74) is 0. The number of rotatable bonds is 3. The van der Waals surface area contributed by atoms with Gasteiger partial charge in [0, 0.05) is 18.2 Å². The Morgan fingerprint density at radius 3 is 1.61 bits per heavy atom. The van der Waals surface area contributed by atoms with Crippen LogP contribution >= 0.6 is 0 Å². The van der Waals surface area contributed by atoms with Gasteiger partial charge in [0.15, 0.2) is 0 Å². The molecule has 0 aliphatic carbocycles. The predicted molar refractivity (Wildman–Crippen MR) is 53.6 cm³/mol. The third-order valence-electron chi connectivity index (χ3n) is 1.56. The number of hydrogen-bond acceptors (Lipinski definition) is 6. The summed E-state index contributed by atoms with van der Waals surface area (Å²) < 4.78 is 38.8. The lowest BCUT2D eigenvalue weighted by molar-refractivity contribution is 0.142. The summed E-state index contributed by atoms with van der Waals surface area (Å²) in [4.78, 5) is 19.8. The van der Waals surface area contributed by atoms with Crippen LogP contribution in [0.5, 0.6) is 11.5 Å². The first-order valence-corrected chi connectivity index (χ1v) is 5.56. The quantitative estimate of drug-likeness (QED) is 0.419. The smallest absolute Gasteiger partial charge is 0.449 e. The molecule has 0 aromatic heterocycles. The molecule has 0 unspecified atom stereocenters. The zero-order valence-electron chi connectivity index (χ0n) is 8.43. The minimum atomic E-state index is -4.67. The Kier molecular flexibility index (Phi) is 3.73. The van der Waals surface area contributed by atoms with Crippen LogP contribution in [0.3, 0.4) is 0 Å². The zero-order valence-corrected chi connectivity index (χ0v) is 9.25. The topological polar surface area (TPSA) is 147 Å². The van der Waals surface area contributed by atoms with Gasteiger partial charge in [0.25, 0.3) is 10.1 Å². The molecule has 0 radical (unpaired) electrons. The van der Waals surface area contributed by atoms with E-state index in [4.69, 9.17) is 14.8 Å². The van der Waals surface area contributed by atoms with Gasteiger partial charge in [-0.3, -0.25) is 4.55 Å². The van der Waals surface area contributed by atoms with E-state index in [-0.39, 0.29) is 0 Å². The van der Waals surface area contributed by atoms with Gasteiger partial charge in [0.05, 0.1) is 0 Å². The maximum absolute atomic E-state index is 10.9. The van der Waals surface area contributed by atoms with Crippen molar-refractivity contribution < 1.29 is 42.2 Å². The summed E-state index contributed by atoms with van der Waals surface area (Å²) in [6.07, 6.45) is -3.49. The molecular formula is C8H6O9S. The van der Waals surface area contributed by atoms with E-state index < -0.39 is 38.8 Å². The van der Waals surface area contributed by atoms with Crippen molar-refractivity contribution in [2.45, 2.75) is 4.90 Å². The van der Waals surface area contributed by atoms with Gasteiger partial charge in [-0.05, 0) is 0 Å². The summed E-state index contributed by atoms with van der Waals surface area (Å²) in [5, 5.41) is 16.7. The van der Waals surface area contributed by atoms with Crippen LogP contribution in [0.4, 0.5) is 9.59 Å². The van der Waals surface area contributed by atoms with Gasteiger partial charge in [-0.25, -0.2) is 9.59 Å². The Balaban J connectivity index is 3.28. The molecule has 0 aliphatic heterocycles. The number of carboxylic acid groups (broad SMARTS) is 2. The van der Waals surface area contributed by atoms with E-state index in [0.29, 0.717) is 12.1 Å². The van der Waals surface area contributed by atoms with Crippen LogP contribution in [0.15, 0.2) is 23.1 Å². The highest BCUT2D eigenvalue weighted by Crippen LogP contribution is 2.26. The van der Waals surface area contributed by atoms with Crippen molar-refractivity contribution in [1.82, 2.24) is 0 Å². The first kappa shape index (κ1) is 13.7. The molecule has 1 aromatic rings. The average molecular weight is 278 g/mol. The van der Waals surface area contributed by atoms with Crippen LogP contribution in [0.1, 0.15) is 0 Å². The molecule has 98 valence electrons. The second-order valence-electron chi connectivity index (χ2n) is 2.85. The van der Waals surface area contributed by atoms with E-state index in [9.17, 15) is 18.0 Å². The molecule has 0 bridgehead atoms. The van der Waals surface area contributed by atoms with Crippen molar-refractivity contribution in [3.63, 3.8) is 0 Å². The number of carbonyl (C=O) groups is 2. The van der Waals surface area contributed by atoms with Crippen molar-refractivity contribution in [1.29, 1.82) is 0 Å². The summed E-state index contributed by atoms with van der Waals surface area (Å²) >= 11 is 0. The van der Waals surface area contributed by atoms with Crippen LogP contribution in [-0.2, 0) is 10.1 Å². The highest BCUT2D eigenvalue weighted by atomic mass is 32.2. The third kappa shape index (κ3) is 3.92. The number of benzene rings is 1. The van der Waals surface area contributed by atoms with Crippen molar-refractivity contribution >= 4 is 22.4 Å². The first-order valence-electron chi connectivity index (χ1n) is 4.12. The van der Waals surface area contributed by atoms with Gasteiger partial charge >= 0.3 is 12.3 Å². The second-order valence-corrected chi connectivity index (χ2v) is 4.27. The van der Waals surface area contributed by atoms with Gasteiger partial charge in [0.2, 0.25) is 0 Å². The van der Waals surface area contributed by atoms with Crippen molar-refractivity contribution in [3.05, 3.63) is 18.2 Å². The molecule has 0 heterocycles. The fraction of sp³-hybridized carbons (Fsp3) is 0. The molecule has 0 fully saturated rings. The maximum Gasteiger partial charge on any atom is 0.511 e. The van der Waals surface area contributed by atoms with E-state index in [1.807, 2.05) is 0 Å². The van der Waals surface area contributed by atoms with Crippen molar-refractivity contribution in [2.24, 2.45) is 0 Å². The van der Waals surface area contributed by atoms with E-state index in [1.54, 1.807) is 0 Å². The summed E-state index contributed by atoms with van der Waals surface area (Å²) in [6, 6.07) is 2.22. The highest BCUT2D eigenvalue weighted by Gasteiger charge is 2.16. The normalized spacial score (nSPS) is 10.7. The van der Waals surface area contributed by atoms with E-state index in [2.05, 4.69) is 9.47 Å². The van der Waals surface area contributed by atoms with E-state index in [0.717, 1.165) is 6.07 Å². The van der Waals surface area contributed by atoms with Crippen LogP contribution in [-0.4, -0.2) is 35.5 Å². The molecule has 0 saturated carbocycles. The summed E-state index contributed by atoms with van der Waals surface area (Å²) in [7, 11) is -4.67. The Labute approximate surface area is 99.9 Å². The van der Waals surface area contributed by atoms with Crippen LogP contribution in [0.25, 0.3) is 0 Å². The molecule has 0 aliphatic rings. The fourth-order valence-electron chi connectivity index (χ4n) is 1.01. The van der Waals surface area contributed by atoms with Gasteiger partial charge in [-0.15, -0.1) is 0 Å². The third-order valence-corrected chi connectivity index (χ3v) is 2.39. The molecule has 1 aromatic carbocycles. The zero-order chi connectivity index (χ0) is 13.9. The summed E-state index contributed by atoms with van der Waals surface area (Å²) in [6.45, 7) is 0. The lowest BCUT2D eigenvalue weighted by Crippen LogP contribution is -2.08. The lowest BCUT2D eigenvalue weighted by Gasteiger charge is -2.06. The van der Waals surface area contributed by atoms with Crippen molar-refractivity contribution in [3.8, 4) is 11.5 Å². The molecule has 0 saturated heterocycles. The van der Waals surface area contributed by atoms with Crippen LogP contribution in [0.2, 0.25) is 0 Å². The summed E-state index contributed by atoms with van der Waals surface area (Å²) in [5.74, 6) is -1.04. The van der Waals surface area contributed by atoms with E-state index in [1.165, 1.54) is 0 Å². The van der Waals surface area contributed by atoms with Gasteiger partial charge < -0.3 is 19.7 Å². The largest absolute Gasteiger partial charge is 0.511 e. The molecule has 0 spiro atoms. The predicted octanol–water partition coefficient (Wildman–Crippen LogP) is 1.05. The van der Waals surface area contributed by atoms with Gasteiger partial charge in [0.1, 0.15) is 16.4 Å². The van der Waals surface area contributed by atoms with Gasteiger partial charge in [-0.2, -0.15) is 8.42 Å². The SMILES string of the molecule is O=C(O)Oc1cc(OC(=O)O)cc(S(=O)(=O)O)c1. The van der Waals surface area contributed by atoms with Gasteiger partial charge in [-0.1, -0.05) is 0 Å². The lowest BCUT2D eigenvalue weighted by atomic mass is 10.3. The van der Waals surface area contributed by atoms with E-state index >= 15 is 0 Å². The number of ether oxygens (including phenoxy) is 2. The Bertz CT molecular complexity index is 554. The molecule has 3 N–H and O–H groups in total. The Morgan fingerprint density at radius 2 is 1.33 bits per heavy atom. The fourth-order valence-corrected chi connectivity index (χ4v) is 1.54. The molecule has 18 heavy (non-hydrogen) atoms. The standard InChI is InChI=1S/C8H6O9S/c9-7(10)16-4-1-5(17-8(11)12)3-6(2-4)18(13,14)15/h1-3H,(H,9,10)(H,11,12)(H,13,14,15). The minimum absolute atomic E-state index is 0.520. The maximum atomic E-state index is 10.9. The molecule has 1 rings (SSSR count). The Hall–Kier alpha value is -2.33. The van der Waals surface area contributed by atoms with Crippen LogP contribution < -0.4 is 9.47 Å².